The summed E-state index contributed by atoms with van der Waals surface area (Å²) in [4.78, 5) is 11.6. The van der Waals surface area contributed by atoms with Crippen molar-refractivity contribution in [2.24, 2.45) is 0 Å². The average molecular weight is 249 g/mol. The fourth-order valence-electron chi connectivity index (χ4n) is 1.41. The molecule has 0 fully saturated rings. The third kappa shape index (κ3) is 4.31. The highest BCUT2D eigenvalue weighted by Crippen LogP contribution is 2.06. The normalized spacial score (nSPS) is 11.8. The van der Waals surface area contributed by atoms with Gasteiger partial charge in [-0.3, -0.25) is 4.79 Å². The van der Waals surface area contributed by atoms with Gasteiger partial charge in [0.05, 0.1) is 18.8 Å². The molecule has 0 aliphatic heterocycles. The lowest BCUT2D eigenvalue weighted by molar-refractivity contribution is -0.119. The molecule has 0 radical (unpaired) electrons. The predicted molar refractivity (Wildman–Crippen MR) is 70.9 cm³/mol. The molecule has 0 atom stereocenters. The first kappa shape index (κ1) is 14.4. The van der Waals surface area contributed by atoms with E-state index in [0.717, 1.165) is 11.1 Å². The molecule has 0 aliphatic rings. The Bertz CT molecular complexity index is 436. The molecular weight excluding hydrogens is 230 g/mol. The number of hydrogen-bond donors (Lipinski definition) is 3. The highest BCUT2D eigenvalue weighted by atomic mass is 16.3. The van der Waals surface area contributed by atoms with Gasteiger partial charge in [-0.1, -0.05) is 29.8 Å². The van der Waals surface area contributed by atoms with Gasteiger partial charge in [-0.15, -0.1) is 0 Å². The highest BCUT2D eigenvalue weighted by Gasteiger charge is 2.23. The first-order valence-electron chi connectivity index (χ1n) is 5.78. The summed E-state index contributed by atoms with van der Waals surface area (Å²) in [6, 6.07) is 7.75. The highest BCUT2D eigenvalue weighted by molar-refractivity contribution is 5.92. The molecule has 1 aromatic rings. The lowest BCUT2D eigenvalue weighted by atomic mass is 10.1. The minimum absolute atomic E-state index is 0.312. The van der Waals surface area contributed by atoms with Crippen molar-refractivity contribution in [1.29, 1.82) is 0 Å². The van der Waals surface area contributed by atoms with Gasteiger partial charge >= 0.3 is 0 Å². The van der Waals surface area contributed by atoms with Crippen LogP contribution in [0.15, 0.2) is 30.3 Å². The lowest BCUT2D eigenvalue weighted by Crippen LogP contribution is -2.51. The maximum atomic E-state index is 11.6. The van der Waals surface area contributed by atoms with Gasteiger partial charge in [0.1, 0.15) is 0 Å². The van der Waals surface area contributed by atoms with Crippen molar-refractivity contribution in [3.63, 3.8) is 0 Å². The Kier molecular flexibility index (Phi) is 5.07. The number of carbonyl (C=O) groups excluding carboxylic acids is 1. The molecule has 0 unspecified atom stereocenters. The molecule has 4 nitrogen and oxygen atoms in total. The van der Waals surface area contributed by atoms with Crippen LogP contribution >= 0.6 is 0 Å². The fourth-order valence-corrected chi connectivity index (χ4v) is 1.41. The summed E-state index contributed by atoms with van der Waals surface area (Å²) >= 11 is 0. The van der Waals surface area contributed by atoms with Gasteiger partial charge in [-0.2, -0.15) is 0 Å². The number of aliphatic hydroxyl groups excluding tert-OH is 2. The van der Waals surface area contributed by atoms with E-state index in [1.54, 1.807) is 13.0 Å². The summed E-state index contributed by atoms with van der Waals surface area (Å²) in [7, 11) is 0. The molecule has 18 heavy (non-hydrogen) atoms. The predicted octanol–water partition coefficient (Wildman–Crippen LogP) is 0.868. The van der Waals surface area contributed by atoms with Gasteiger partial charge < -0.3 is 15.5 Å². The molecule has 0 spiro atoms. The molecule has 0 bridgehead atoms. The Labute approximate surface area is 107 Å². The van der Waals surface area contributed by atoms with Crippen LogP contribution in [0.25, 0.3) is 6.08 Å². The maximum absolute atomic E-state index is 11.6. The Hall–Kier alpha value is -1.65. The van der Waals surface area contributed by atoms with E-state index in [1.807, 2.05) is 31.2 Å². The van der Waals surface area contributed by atoms with Crippen LogP contribution < -0.4 is 5.32 Å². The number of amides is 1. The number of hydrogen-bond acceptors (Lipinski definition) is 3. The van der Waals surface area contributed by atoms with Crippen LogP contribution in [0.3, 0.4) is 0 Å². The third-order valence-corrected chi connectivity index (χ3v) is 2.59. The summed E-state index contributed by atoms with van der Waals surface area (Å²) in [5.74, 6) is -0.345. The number of aliphatic hydroxyl groups is 2. The minimum Gasteiger partial charge on any atom is -0.394 e. The molecule has 4 heteroatoms. The van der Waals surface area contributed by atoms with Crippen LogP contribution in [-0.4, -0.2) is 34.9 Å². The first-order chi connectivity index (χ1) is 8.49. The molecule has 1 aromatic carbocycles. The van der Waals surface area contributed by atoms with Crippen molar-refractivity contribution in [2.75, 3.05) is 13.2 Å². The third-order valence-electron chi connectivity index (χ3n) is 2.59. The zero-order valence-electron chi connectivity index (χ0n) is 10.7. The molecule has 0 aromatic heterocycles. The molecule has 1 rings (SSSR count). The van der Waals surface area contributed by atoms with Crippen LogP contribution in [0.5, 0.6) is 0 Å². The number of rotatable bonds is 5. The molecule has 0 saturated heterocycles. The minimum atomic E-state index is -0.992. The van der Waals surface area contributed by atoms with E-state index in [4.69, 9.17) is 10.2 Å². The maximum Gasteiger partial charge on any atom is 0.244 e. The zero-order valence-corrected chi connectivity index (χ0v) is 10.7. The average Bonchev–Trinajstić information content (AvgIpc) is 2.36. The van der Waals surface area contributed by atoms with E-state index in [2.05, 4.69) is 5.32 Å². The van der Waals surface area contributed by atoms with E-state index < -0.39 is 5.54 Å². The van der Waals surface area contributed by atoms with Crippen molar-refractivity contribution >= 4 is 12.0 Å². The quantitative estimate of drug-likeness (QED) is 0.678. The summed E-state index contributed by atoms with van der Waals surface area (Å²) in [6.45, 7) is 2.93. The van der Waals surface area contributed by atoms with Crippen molar-refractivity contribution in [1.82, 2.24) is 5.32 Å². The van der Waals surface area contributed by atoms with Crippen LogP contribution in [0.4, 0.5) is 0 Å². The van der Waals surface area contributed by atoms with Crippen molar-refractivity contribution in [3.8, 4) is 0 Å². The molecular formula is C14H19NO3. The Morgan fingerprint density at radius 3 is 2.61 bits per heavy atom. The molecule has 98 valence electrons. The Morgan fingerprint density at radius 1 is 1.39 bits per heavy atom. The fraction of sp³-hybridized carbons (Fsp3) is 0.357. The van der Waals surface area contributed by atoms with Crippen LogP contribution in [0.2, 0.25) is 0 Å². The SMILES string of the molecule is Cc1cccc(/C=C/C(=O)NC(C)(CO)CO)c1. The summed E-state index contributed by atoms with van der Waals surface area (Å²) in [5.41, 5.74) is 1.06. The van der Waals surface area contributed by atoms with E-state index in [-0.39, 0.29) is 19.1 Å². The Balaban J connectivity index is 2.65. The van der Waals surface area contributed by atoms with E-state index in [0.29, 0.717) is 0 Å². The Morgan fingerprint density at radius 2 is 2.06 bits per heavy atom. The topological polar surface area (TPSA) is 69.6 Å². The molecule has 0 saturated carbocycles. The van der Waals surface area contributed by atoms with Gasteiger partial charge in [0, 0.05) is 6.08 Å². The molecule has 1 amide bonds. The largest absolute Gasteiger partial charge is 0.394 e. The van der Waals surface area contributed by atoms with Crippen LogP contribution in [0, 0.1) is 6.92 Å². The summed E-state index contributed by atoms with van der Waals surface area (Å²) in [6.07, 6.45) is 3.08. The number of aryl methyl sites for hydroxylation is 1. The van der Waals surface area contributed by atoms with E-state index in [1.165, 1.54) is 6.08 Å². The second-order valence-electron chi connectivity index (χ2n) is 4.61. The standard InChI is InChI=1S/C14H19NO3/c1-11-4-3-5-12(8-11)6-7-13(18)15-14(2,9-16)10-17/h3-8,16-17H,9-10H2,1-2H3,(H,15,18)/b7-6+. The second kappa shape index (κ2) is 6.33. The van der Waals surface area contributed by atoms with Gasteiger partial charge in [0.15, 0.2) is 0 Å². The van der Waals surface area contributed by atoms with E-state index >= 15 is 0 Å². The molecule has 0 aliphatic carbocycles. The number of nitrogens with one attached hydrogen (secondary N) is 1. The van der Waals surface area contributed by atoms with Gasteiger partial charge in [0.25, 0.3) is 0 Å². The van der Waals surface area contributed by atoms with Gasteiger partial charge in [0.2, 0.25) is 5.91 Å². The smallest absolute Gasteiger partial charge is 0.244 e. The van der Waals surface area contributed by atoms with Gasteiger partial charge in [-0.25, -0.2) is 0 Å². The van der Waals surface area contributed by atoms with Crippen LogP contribution in [-0.2, 0) is 4.79 Å². The lowest BCUT2D eigenvalue weighted by Gasteiger charge is -2.25. The van der Waals surface area contributed by atoms with Crippen molar-refractivity contribution in [2.45, 2.75) is 19.4 Å². The molecule has 3 N–H and O–H groups in total. The second-order valence-corrected chi connectivity index (χ2v) is 4.61. The zero-order chi connectivity index (χ0) is 13.6. The van der Waals surface area contributed by atoms with Crippen LogP contribution in [0.1, 0.15) is 18.1 Å². The number of carbonyl (C=O) groups is 1. The van der Waals surface area contributed by atoms with Crippen molar-refractivity contribution < 1.29 is 15.0 Å². The van der Waals surface area contributed by atoms with E-state index in [9.17, 15) is 4.79 Å². The monoisotopic (exact) mass is 249 g/mol. The van der Waals surface area contributed by atoms with Gasteiger partial charge in [-0.05, 0) is 25.5 Å². The number of benzene rings is 1. The molecule has 0 heterocycles. The first-order valence-corrected chi connectivity index (χ1v) is 5.78. The van der Waals surface area contributed by atoms with Crippen molar-refractivity contribution in [3.05, 3.63) is 41.5 Å². The summed E-state index contributed by atoms with van der Waals surface area (Å²) < 4.78 is 0. The summed E-state index contributed by atoms with van der Waals surface area (Å²) in [5, 5.41) is 20.7.